The minimum atomic E-state index is -0.755. The molecule has 1 N–H and O–H groups in total. The van der Waals surface area contributed by atoms with Gasteiger partial charge in [0.2, 0.25) is 5.91 Å². The van der Waals surface area contributed by atoms with Gasteiger partial charge in [-0.15, -0.1) is 0 Å². The summed E-state index contributed by atoms with van der Waals surface area (Å²) in [7, 11) is 0. The minimum Gasteiger partial charge on any atom is -0.481 e. The van der Waals surface area contributed by atoms with Crippen LogP contribution in [0.25, 0.3) is 0 Å². The molecule has 0 aromatic carbocycles. The second-order valence-electron chi connectivity index (χ2n) is 5.81. The van der Waals surface area contributed by atoms with Gasteiger partial charge in [0.05, 0.1) is 6.42 Å². The molecule has 1 saturated carbocycles. The van der Waals surface area contributed by atoms with Gasteiger partial charge >= 0.3 is 5.97 Å². The van der Waals surface area contributed by atoms with Crippen molar-refractivity contribution in [3.8, 4) is 0 Å². The molecule has 1 saturated heterocycles. The third-order valence-electron chi connectivity index (χ3n) is 4.26. The molecule has 0 radical (unpaired) electrons. The van der Waals surface area contributed by atoms with Crippen LogP contribution in [0.1, 0.15) is 51.4 Å². The molecule has 1 heterocycles. The molecule has 18 heavy (non-hydrogen) atoms. The second-order valence-corrected chi connectivity index (χ2v) is 5.81. The van der Waals surface area contributed by atoms with Crippen molar-refractivity contribution in [1.82, 2.24) is 4.90 Å². The molecule has 0 aromatic heterocycles. The molecule has 1 amide bonds. The number of carbonyl (C=O) groups excluding carboxylic acids is 1. The van der Waals surface area contributed by atoms with Crippen molar-refractivity contribution in [3.63, 3.8) is 0 Å². The summed E-state index contributed by atoms with van der Waals surface area (Å²) in [6.45, 7) is 1.30. The Bertz CT molecular complexity index is 304. The molecule has 0 unspecified atom stereocenters. The van der Waals surface area contributed by atoms with Gasteiger partial charge in [-0.2, -0.15) is 0 Å². The highest BCUT2D eigenvalue weighted by atomic mass is 16.4. The van der Waals surface area contributed by atoms with E-state index in [-0.39, 0.29) is 18.2 Å². The average molecular weight is 253 g/mol. The van der Waals surface area contributed by atoms with Crippen molar-refractivity contribution in [2.45, 2.75) is 51.4 Å². The molecule has 2 rings (SSSR count). The predicted octanol–water partition coefficient (Wildman–Crippen LogP) is 2.28. The van der Waals surface area contributed by atoms with Crippen LogP contribution in [-0.2, 0) is 9.59 Å². The van der Waals surface area contributed by atoms with Crippen molar-refractivity contribution in [2.75, 3.05) is 13.1 Å². The van der Waals surface area contributed by atoms with E-state index in [1.165, 1.54) is 32.1 Å². The van der Waals surface area contributed by atoms with E-state index >= 15 is 0 Å². The highest BCUT2D eigenvalue weighted by molar-refractivity contribution is 5.77. The average Bonchev–Trinajstić information content (AvgIpc) is 2.31. The molecule has 2 fully saturated rings. The van der Waals surface area contributed by atoms with Crippen molar-refractivity contribution in [2.24, 2.45) is 11.8 Å². The number of aliphatic carboxylic acids is 1. The van der Waals surface area contributed by atoms with E-state index < -0.39 is 5.97 Å². The van der Waals surface area contributed by atoms with E-state index in [1.54, 1.807) is 0 Å². The maximum absolute atomic E-state index is 11.9. The smallest absolute Gasteiger partial charge is 0.303 e. The van der Waals surface area contributed by atoms with Crippen LogP contribution in [-0.4, -0.2) is 35.0 Å². The molecule has 0 spiro atoms. The first-order valence-electron chi connectivity index (χ1n) is 7.14. The number of likely N-dealkylation sites (tertiary alicyclic amines) is 1. The molecular formula is C14H23NO3. The van der Waals surface area contributed by atoms with Crippen LogP contribution in [0.3, 0.4) is 0 Å². The molecular weight excluding hydrogens is 230 g/mol. The summed E-state index contributed by atoms with van der Waals surface area (Å²) >= 11 is 0. The van der Waals surface area contributed by atoms with Crippen molar-refractivity contribution >= 4 is 11.9 Å². The Morgan fingerprint density at radius 1 is 1.06 bits per heavy atom. The fourth-order valence-electron chi connectivity index (χ4n) is 3.11. The van der Waals surface area contributed by atoms with E-state index in [2.05, 4.69) is 0 Å². The lowest BCUT2D eigenvalue weighted by Gasteiger charge is -2.39. The highest BCUT2D eigenvalue weighted by Crippen LogP contribution is 2.28. The standard InChI is InChI=1S/C14H23NO3/c16-13(7-6-11-4-2-1-3-5-11)15-9-12(10-15)8-14(17)18/h11-12H,1-10H2,(H,17,18). The predicted molar refractivity (Wildman–Crippen MR) is 68.1 cm³/mol. The fourth-order valence-corrected chi connectivity index (χ4v) is 3.11. The number of carbonyl (C=O) groups is 2. The number of hydrogen-bond donors (Lipinski definition) is 1. The van der Waals surface area contributed by atoms with Crippen molar-refractivity contribution in [1.29, 1.82) is 0 Å². The molecule has 4 heteroatoms. The lowest BCUT2D eigenvalue weighted by Crippen LogP contribution is -2.50. The van der Waals surface area contributed by atoms with Crippen LogP contribution < -0.4 is 0 Å². The lowest BCUT2D eigenvalue weighted by atomic mass is 9.85. The van der Waals surface area contributed by atoms with Crippen LogP contribution in [0, 0.1) is 11.8 Å². The summed E-state index contributed by atoms with van der Waals surface area (Å²) in [5.74, 6) is 0.399. The largest absolute Gasteiger partial charge is 0.481 e. The van der Waals surface area contributed by atoms with E-state index in [4.69, 9.17) is 5.11 Å². The van der Waals surface area contributed by atoms with Crippen LogP contribution in [0.5, 0.6) is 0 Å². The summed E-state index contributed by atoms with van der Waals surface area (Å²) in [6.07, 6.45) is 8.46. The Morgan fingerprint density at radius 3 is 2.33 bits per heavy atom. The number of amides is 1. The zero-order chi connectivity index (χ0) is 13.0. The first-order valence-corrected chi connectivity index (χ1v) is 7.14. The third kappa shape index (κ3) is 3.72. The first-order chi connectivity index (χ1) is 8.65. The topological polar surface area (TPSA) is 57.6 Å². The molecule has 1 aliphatic heterocycles. The molecule has 1 aliphatic carbocycles. The van der Waals surface area contributed by atoms with E-state index in [0.717, 1.165) is 12.3 Å². The van der Waals surface area contributed by atoms with Gasteiger partial charge in [-0.05, 0) is 12.3 Å². The Hall–Kier alpha value is -1.06. The van der Waals surface area contributed by atoms with Gasteiger partial charge in [0.15, 0.2) is 0 Å². The van der Waals surface area contributed by atoms with Crippen molar-refractivity contribution in [3.05, 3.63) is 0 Å². The summed E-state index contributed by atoms with van der Waals surface area (Å²) in [4.78, 5) is 24.2. The second kappa shape index (κ2) is 6.21. The van der Waals surface area contributed by atoms with Gasteiger partial charge in [0, 0.05) is 25.4 Å². The van der Waals surface area contributed by atoms with Gasteiger partial charge in [0.1, 0.15) is 0 Å². The monoisotopic (exact) mass is 253 g/mol. The van der Waals surface area contributed by atoms with Crippen LogP contribution in [0.2, 0.25) is 0 Å². The van der Waals surface area contributed by atoms with Gasteiger partial charge in [-0.3, -0.25) is 9.59 Å². The Labute approximate surface area is 108 Å². The summed E-state index contributed by atoms with van der Waals surface area (Å²) in [5, 5.41) is 8.64. The maximum Gasteiger partial charge on any atom is 0.303 e. The number of rotatable bonds is 5. The summed E-state index contributed by atoms with van der Waals surface area (Å²) in [5.41, 5.74) is 0. The number of nitrogens with zero attached hydrogens (tertiary/aromatic N) is 1. The normalized spacial score (nSPS) is 21.7. The third-order valence-corrected chi connectivity index (χ3v) is 4.26. The number of carboxylic acids is 1. The lowest BCUT2D eigenvalue weighted by molar-refractivity contribution is -0.145. The van der Waals surface area contributed by atoms with Gasteiger partial charge in [-0.25, -0.2) is 0 Å². The van der Waals surface area contributed by atoms with E-state index in [0.29, 0.717) is 19.5 Å². The summed E-state index contributed by atoms with van der Waals surface area (Å²) < 4.78 is 0. The molecule has 0 bridgehead atoms. The SMILES string of the molecule is O=C(O)CC1CN(C(=O)CCC2CCCCC2)C1. The van der Waals surface area contributed by atoms with Gasteiger partial charge < -0.3 is 10.0 Å². The quantitative estimate of drug-likeness (QED) is 0.817. The molecule has 0 aromatic rings. The maximum atomic E-state index is 11.9. The Morgan fingerprint density at radius 2 is 1.72 bits per heavy atom. The molecule has 2 aliphatic rings. The minimum absolute atomic E-state index is 0.182. The zero-order valence-corrected chi connectivity index (χ0v) is 10.9. The highest BCUT2D eigenvalue weighted by Gasteiger charge is 2.31. The fraction of sp³-hybridized carbons (Fsp3) is 0.857. The van der Waals surface area contributed by atoms with Crippen LogP contribution >= 0.6 is 0 Å². The van der Waals surface area contributed by atoms with Crippen molar-refractivity contribution < 1.29 is 14.7 Å². The summed E-state index contributed by atoms with van der Waals surface area (Å²) in [6, 6.07) is 0. The van der Waals surface area contributed by atoms with Crippen LogP contribution in [0.15, 0.2) is 0 Å². The Balaban J connectivity index is 1.60. The van der Waals surface area contributed by atoms with E-state index in [9.17, 15) is 9.59 Å². The molecule has 0 atom stereocenters. The number of carboxylic acid groups (broad SMARTS) is 1. The van der Waals surface area contributed by atoms with E-state index in [1.807, 2.05) is 4.90 Å². The number of hydrogen-bond acceptors (Lipinski definition) is 2. The molecule has 102 valence electrons. The van der Waals surface area contributed by atoms with Gasteiger partial charge in [-0.1, -0.05) is 32.1 Å². The zero-order valence-electron chi connectivity index (χ0n) is 10.9. The van der Waals surface area contributed by atoms with Crippen LogP contribution in [0.4, 0.5) is 0 Å². The Kier molecular flexibility index (Phi) is 4.61. The molecule has 4 nitrogen and oxygen atoms in total. The van der Waals surface area contributed by atoms with Gasteiger partial charge in [0.25, 0.3) is 0 Å². The first kappa shape index (κ1) is 13.4.